The monoisotopic (exact) mass is 218 g/mol. The molecule has 11 heavy (non-hydrogen) atoms. The lowest BCUT2D eigenvalue weighted by Gasteiger charge is -1.98. The zero-order valence-electron chi connectivity index (χ0n) is 5.57. The zero-order chi connectivity index (χ0) is 8.43. The van der Waals surface area contributed by atoms with Crippen LogP contribution in [0, 0.1) is 11.6 Å². The Balaban J connectivity index is 3.23. The molecule has 0 amide bonds. The van der Waals surface area contributed by atoms with E-state index in [1.165, 1.54) is 0 Å². The van der Waals surface area contributed by atoms with Gasteiger partial charge in [0.1, 0.15) is 11.6 Å². The summed E-state index contributed by atoms with van der Waals surface area (Å²) in [5.74, 6) is -0.949. The average Bonchev–Trinajstić information content (AvgIpc) is 1.94. The molecule has 0 saturated carbocycles. The van der Waals surface area contributed by atoms with E-state index in [1.54, 1.807) is 0 Å². The van der Waals surface area contributed by atoms with Crippen LogP contribution >= 0.6 is 15.9 Å². The third kappa shape index (κ3) is 1.87. The van der Waals surface area contributed by atoms with Gasteiger partial charge in [-0.2, -0.15) is 0 Å². The highest BCUT2D eigenvalue weighted by molar-refractivity contribution is 9.15. The van der Waals surface area contributed by atoms with Crippen LogP contribution in [0.15, 0.2) is 24.8 Å². The Bertz CT molecular complexity index is 294. The van der Waals surface area contributed by atoms with E-state index in [0.29, 0.717) is 4.48 Å². The highest BCUT2D eigenvalue weighted by atomic mass is 79.9. The molecule has 0 radical (unpaired) electrons. The molecule has 0 atom stereocenters. The minimum atomic E-state index is -0.478. The van der Waals surface area contributed by atoms with Gasteiger partial charge in [0.25, 0.3) is 0 Å². The fourth-order valence-electron chi connectivity index (χ4n) is 0.705. The normalized spacial score (nSPS) is 9.73. The summed E-state index contributed by atoms with van der Waals surface area (Å²) in [6.45, 7) is 3.44. The molecule has 0 unspecified atom stereocenters. The van der Waals surface area contributed by atoms with Gasteiger partial charge in [0.15, 0.2) is 0 Å². The molecule has 0 fully saturated rings. The summed E-state index contributed by atoms with van der Waals surface area (Å²) >= 11 is 2.97. The van der Waals surface area contributed by atoms with Gasteiger partial charge in [0, 0.05) is 10.0 Å². The van der Waals surface area contributed by atoms with Crippen LogP contribution in [0.3, 0.4) is 0 Å². The molecule has 3 heteroatoms. The summed E-state index contributed by atoms with van der Waals surface area (Å²) in [6.07, 6.45) is 0. The van der Waals surface area contributed by atoms with Crippen LogP contribution in [0.2, 0.25) is 0 Å². The second kappa shape index (κ2) is 3.13. The van der Waals surface area contributed by atoms with E-state index in [0.717, 1.165) is 18.2 Å². The van der Waals surface area contributed by atoms with E-state index in [-0.39, 0.29) is 5.56 Å². The minimum Gasteiger partial charge on any atom is -0.207 e. The molecule has 1 rings (SSSR count). The number of benzene rings is 1. The second-order valence-corrected chi connectivity index (χ2v) is 2.99. The molecule has 0 nitrogen and oxygen atoms in total. The van der Waals surface area contributed by atoms with Crippen LogP contribution in [-0.4, -0.2) is 0 Å². The van der Waals surface area contributed by atoms with E-state index in [9.17, 15) is 8.78 Å². The smallest absolute Gasteiger partial charge is 0.131 e. The van der Waals surface area contributed by atoms with Crippen molar-refractivity contribution < 1.29 is 8.78 Å². The lowest BCUT2D eigenvalue weighted by Crippen LogP contribution is -1.85. The number of rotatable bonds is 1. The standard InChI is InChI=1S/C8H5BrF2/c1-5(9)7-4-6(10)2-3-8(7)11/h2-4H,1H2. The van der Waals surface area contributed by atoms with Gasteiger partial charge >= 0.3 is 0 Å². The Hall–Kier alpha value is -0.700. The third-order valence-electron chi connectivity index (χ3n) is 1.22. The molecule has 0 aliphatic heterocycles. The first-order chi connectivity index (χ1) is 5.11. The maximum absolute atomic E-state index is 12.8. The first-order valence-electron chi connectivity index (χ1n) is 2.91. The number of hydrogen-bond acceptors (Lipinski definition) is 0. The first-order valence-corrected chi connectivity index (χ1v) is 3.70. The van der Waals surface area contributed by atoms with Crippen molar-refractivity contribution in [3.63, 3.8) is 0 Å². The molecule has 1 aromatic carbocycles. The van der Waals surface area contributed by atoms with Gasteiger partial charge in [-0.1, -0.05) is 22.5 Å². The van der Waals surface area contributed by atoms with E-state index in [2.05, 4.69) is 22.5 Å². The summed E-state index contributed by atoms with van der Waals surface area (Å²) in [4.78, 5) is 0. The van der Waals surface area contributed by atoms with Crippen molar-refractivity contribution in [1.82, 2.24) is 0 Å². The summed E-state index contributed by atoms with van der Waals surface area (Å²) in [7, 11) is 0. The number of halogens is 3. The van der Waals surface area contributed by atoms with E-state index >= 15 is 0 Å². The molecule has 0 aliphatic rings. The predicted octanol–water partition coefficient (Wildman–Crippen LogP) is 3.33. The van der Waals surface area contributed by atoms with Crippen molar-refractivity contribution >= 4 is 20.4 Å². The third-order valence-corrected chi connectivity index (χ3v) is 1.65. The lowest BCUT2D eigenvalue weighted by atomic mass is 10.2. The van der Waals surface area contributed by atoms with Crippen molar-refractivity contribution in [2.45, 2.75) is 0 Å². The molecule has 0 saturated heterocycles. The summed E-state index contributed by atoms with van der Waals surface area (Å²) in [6, 6.07) is 3.22. The van der Waals surface area contributed by atoms with Gasteiger partial charge in [0.05, 0.1) is 0 Å². The van der Waals surface area contributed by atoms with Crippen molar-refractivity contribution in [3.8, 4) is 0 Å². The fourth-order valence-corrected chi connectivity index (χ4v) is 1.01. The largest absolute Gasteiger partial charge is 0.207 e. The van der Waals surface area contributed by atoms with E-state index in [4.69, 9.17) is 0 Å². The van der Waals surface area contributed by atoms with Crippen LogP contribution in [-0.2, 0) is 0 Å². The molecule has 0 aliphatic carbocycles. The van der Waals surface area contributed by atoms with Gasteiger partial charge in [0.2, 0.25) is 0 Å². The Morgan fingerprint density at radius 1 is 1.36 bits per heavy atom. The molecule has 0 spiro atoms. The number of hydrogen-bond donors (Lipinski definition) is 0. The van der Waals surface area contributed by atoms with Crippen molar-refractivity contribution in [1.29, 1.82) is 0 Å². The van der Waals surface area contributed by atoms with Gasteiger partial charge in [-0.25, -0.2) is 8.78 Å². The van der Waals surface area contributed by atoms with E-state index < -0.39 is 11.6 Å². The lowest BCUT2D eigenvalue weighted by molar-refractivity contribution is 0.598. The van der Waals surface area contributed by atoms with Crippen molar-refractivity contribution in [3.05, 3.63) is 42.0 Å². The zero-order valence-corrected chi connectivity index (χ0v) is 7.16. The van der Waals surface area contributed by atoms with Crippen LogP contribution in [0.1, 0.15) is 5.56 Å². The van der Waals surface area contributed by atoms with Gasteiger partial charge in [-0.3, -0.25) is 0 Å². The summed E-state index contributed by atoms with van der Waals surface area (Å²) < 4.78 is 25.6. The molecule has 0 bridgehead atoms. The van der Waals surface area contributed by atoms with Crippen molar-refractivity contribution in [2.75, 3.05) is 0 Å². The van der Waals surface area contributed by atoms with E-state index in [1.807, 2.05) is 0 Å². The second-order valence-electron chi connectivity index (χ2n) is 2.03. The predicted molar refractivity (Wildman–Crippen MR) is 44.3 cm³/mol. The van der Waals surface area contributed by atoms with Crippen LogP contribution in [0.25, 0.3) is 4.48 Å². The highest BCUT2D eigenvalue weighted by Crippen LogP contribution is 2.22. The minimum absolute atomic E-state index is 0.157. The van der Waals surface area contributed by atoms with Crippen LogP contribution in [0.5, 0.6) is 0 Å². The quantitative estimate of drug-likeness (QED) is 0.679. The topological polar surface area (TPSA) is 0 Å². The summed E-state index contributed by atoms with van der Waals surface area (Å²) in [5.41, 5.74) is 0.157. The highest BCUT2D eigenvalue weighted by Gasteiger charge is 2.03. The maximum atomic E-state index is 12.8. The molecule has 1 aromatic rings. The molecule has 0 heterocycles. The molecule has 58 valence electrons. The average molecular weight is 219 g/mol. The van der Waals surface area contributed by atoms with Crippen LogP contribution < -0.4 is 0 Å². The summed E-state index contributed by atoms with van der Waals surface area (Å²) in [5, 5.41) is 0. The Morgan fingerprint density at radius 3 is 2.45 bits per heavy atom. The molecule has 0 N–H and O–H groups in total. The molecular formula is C8H5BrF2. The van der Waals surface area contributed by atoms with Crippen LogP contribution in [0.4, 0.5) is 8.78 Å². The Labute approximate surface area is 71.7 Å². The SMILES string of the molecule is C=C(Br)c1cc(F)ccc1F. The molecular weight excluding hydrogens is 214 g/mol. The van der Waals surface area contributed by atoms with Gasteiger partial charge in [-0.15, -0.1) is 0 Å². The Kier molecular flexibility index (Phi) is 2.39. The van der Waals surface area contributed by atoms with Gasteiger partial charge in [-0.05, 0) is 18.2 Å². The maximum Gasteiger partial charge on any atom is 0.131 e. The fraction of sp³-hybridized carbons (Fsp3) is 0. The van der Waals surface area contributed by atoms with Gasteiger partial charge < -0.3 is 0 Å². The Morgan fingerprint density at radius 2 is 2.00 bits per heavy atom. The van der Waals surface area contributed by atoms with Crippen molar-refractivity contribution in [2.24, 2.45) is 0 Å². The first kappa shape index (κ1) is 8.40. The molecule has 0 aromatic heterocycles.